The summed E-state index contributed by atoms with van der Waals surface area (Å²) in [5, 5.41) is 0. The van der Waals surface area contributed by atoms with Gasteiger partial charge in [-0.3, -0.25) is 4.79 Å². The topological polar surface area (TPSA) is 39.3 Å². The molecule has 0 bridgehead atoms. The molecule has 0 radical (unpaired) electrons. The molecule has 54 heavy (non-hydrogen) atoms. The second-order valence-electron chi connectivity index (χ2n) is 16.3. The molecule has 290 valence electrons. The summed E-state index contributed by atoms with van der Waals surface area (Å²) in [5.74, 6) is 2.16. The maximum atomic E-state index is 13.8. The van der Waals surface area contributed by atoms with Crippen molar-refractivity contribution in [1.82, 2.24) is 9.80 Å². The van der Waals surface area contributed by atoms with Crippen LogP contribution in [0.25, 0.3) is 5.57 Å². The van der Waals surface area contributed by atoms with E-state index in [1.54, 1.807) is 19.1 Å². The highest BCUT2D eigenvalue weighted by atomic mass is 19.4. The summed E-state index contributed by atoms with van der Waals surface area (Å²) in [5.41, 5.74) is 5.16. The SMILES string of the molecule is C=C(C)c1ccc(N2CCC(c3ccc(N4CCC(CN5CCC(Oc6ccc7c(c6)CN(C(C)CCC)C7=O)CC5)CC4)cc3)CC2)cc1C(F)(F)F. The average Bonchev–Trinajstić information content (AvgIpc) is 3.51. The Bertz CT molecular complexity index is 1770. The van der Waals surface area contributed by atoms with Crippen LogP contribution in [0.3, 0.4) is 0 Å². The summed E-state index contributed by atoms with van der Waals surface area (Å²) < 4.78 is 47.8. The minimum atomic E-state index is -4.40. The van der Waals surface area contributed by atoms with Gasteiger partial charge >= 0.3 is 6.18 Å². The molecular formula is C45H57F3N4O2. The number of hydrogen-bond acceptors (Lipinski definition) is 5. The number of likely N-dealkylation sites (tertiary alicyclic amines) is 1. The lowest BCUT2D eigenvalue weighted by atomic mass is 9.88. The molecule has 1 amide bonds. The first-order valence-electron chi connectivity index (χ1n) is 20.3. The van der Waals surface area contributed by atoms with Crippen LogP contribution in [-0.4, -0.2) is 73.7 Å². The van der Waals surface area contributed by atoms with Crippen molar-refractivity contribution in [3.05, 3.63) is 95.1 Å². The van der Waals surface area contributed by atoms with Gasteiger partial charge in [-0.1, -0.05) is 43.7 Å². The van der Waals surface area contributed by atoms with Crippen molar-refractivity contribution in [2.45, 2.75) is 103 Å². The lowest BCUT2D eigenvalue weighted by Gasteiger charge is -2.38. The number of carbonyl (C=O) groups excluding carboxylic acids is 1. The molecule has 4 aliphatic rings. The number of ether oxygens (including phenoxy) is 1. The molecule has 0 N–H and O–H groups in total. The molecule has 0 aliphatic carbocycles. The lowest BCUT2D eigenvalue weighted by Crippen LogP contribution is -2.43. The minimum Gasteiger partial charge on any atom is -0.490 e. The van der Waals surface area contributed by atoms with Crippen molar-refractivity contribution in [2.24, 2.45) is 5.92 Å². The van der Waals surface area contributed by atoms with Gasteiger partial charge in [-0.2, -0.15) is 13.2 Å². The third kappa shape index (κ3) is 8.61. The van der Waals surface area contributed by atoms with Crippen LogP contribution in [0.5, 0.6) is 5.75 Å². The minimum absolute atomic E-state index is 0.152. The van der Waals surface area contributed by atoms with E-state index < -0.39 is 11.7 Å². The summed E-state index contributed by atoms with van der Waals surface area (Å²) in [6.45, 7) is 17.3. The zero-order chi connectivity index (χ0) is 38.0. The van der Waals surface area contributed by atoms with E-state index in [-0.39, 0.29) is 23.6 Å². The maximum Gasteiger partial charge on any atom is 0.417 e. The Hall–Kier alpha value is -3.98. The van der Waals surface area contributed by atoms with E-state index in [9.17, 15) is 18.0 Å². The summed E-state index contributed by atoms with van der Waals surface area (Å²) in [7, 11) is 0. The van der Waals surface area contributed by atoms with Crippen molar-refractivity contribution in [1.29, 1.82) is 0 Å². The maximum absolute atomic E-state index is 13.8. The van der Waals surface area contributed by atoms with E-state index in [1.165, 1.54) is 30.2 Å². The number of rotatable bonds is 11. The Morgan fingerprint density at radius 2 is 1.50 bits per heavy atom. The fourth-order valence-electron chi connectivity index (χ4n) is 9.23. The first kappa shape index (κ1) is 38.3. The Labute approximate surface area is 319 Å². The summed E-state index contributed by atoms with van der Waals surface area (Å²) in [4.78, 5) is 22.1. The van der Waals surface area contributed by atoms with Crippen LogP contribution in [-0.2, 0) is 12.7 Å². The van der Waals surface area contributed by atoms with Crippen LogP contribution in [0.1, 0.15) is 111 Å². The Kier molecular flexibility index (Phi) is 11.6. The van der Waals surface area contributed by atoms with Gasteiger partial charge in [0.05, 0.1) is 5.56 Å². The first-order valence-corrected chi connectivity index (χ1v) is 20.3. The molecule has 1 atom stereocenters. The summed E-state index contributed by atoms with van der Waals surface area (Å²) in [6.07, 6.45) is 4.21. The monoisotopic (exact) mass is 742 g/mol. The predicted molar refractivity (Wildman–Crippen MR) is 212 cm³/mol. The number of piperidine rings is 3. The quantitative estimate of drug-likeness (QED) is 0.196. The second kappa shape index (κ2) is 16.4. The van der Waals surface area contributed by atoms with Gasteiger partial charge in [0.15, 0.2) is 0 Å². The van der Waals surface area contributed by atoms with Crippen molar-refractivity contribution in [2.75, 3.05) is 55.6 Å². The van der Waals surface area contributed by atoms with Gasteiger partial charge in [-0.25, -0.2) is 0 Å². The molecule has 0 spiro atoms. The molecule has 4 heterocycles. The lowest BCUT2D eigenvalue weighted by molar-refractivity contribution is -0.137. The van der Waals surface area contributed by atoms with E-state index in [4.69, 9.17) is 4.74 Å². The van der Waals surface area contributed by atoms with Gasteiger partial charge in [0, 0.05) is 75.3 Å². The third-order valence-corrected chi connectivity index (χ3v) is 12.5. The number of benzene rings is 3. The molecule has 1 unspecified atom stereocenters. The molecule has 0 saturated carbocycles. The van der Waals surface area contributed by atoms with E-state index in [0.717, 1.165) is 101 Å². The van der Waals surface area contributed by atoms with E-state index >= 15 is 0 Å². The van der Waals surface area contributed by atoms with Crippen LogP contribution in [0.2, 0.25) is 0 Å². The smallest absolute Gasteiger partial charge is 0.417 e. The van der Waals surface area contributed by atoms with Crippen molar-refractivity contribution in [3.63, 3.8) is 0 Å². The first-order chi connectivity index (χ1) is 26.0. The molecule has 3 aromatic carbocycles. The largest absolute Gasteiger partial charge is 0.490 e. The zero-order valence-corrected chi connectivity index (χ0v) is 32.3. The van der Waals surface area contributed by atoms with Crippen LogP contribution < -0.4 is 14.5 Å². The number of carbonyl (C=O) groups is 1. The molecule has 9 heteroatoms. The molecule has 3 aromatic rings. The van der Waals surface area contributed by atoms with E-state index in [2.05, 4.69) is 65.5 Å². The number of fused-ring (bicyclic) bond motifs is 1. The van der Waals surface area contributed by atoms with Crippen molar-refractivity contribution < 1.29 is 22.7 Å². The molecule has 6 nitrogen and oxygen atoms in total. The Balaban J connectivity index is 0.829. The number of alkyl halides is 3. The normalized spacial score (nSPS) is 20.0. The molecule has 3 saturated heterocycles. The summed E-state index contributed by atoms with van der Waals surface area (Å²) in [6, 6.07) is 20.0. The highest BCUT2D eigenvalue weighted by Gasteiger charge is 2.35. The van der Waals surface area contributed by atoms with Crippen LogP contribution >= 0.6 is 0 Å². The Morgan fingerprint density at radius 3 is 2.15 bits per heavy atom. The van der Waals surface area contributed by atoms with Gasteiger partial charge in [-0.05, 0) is 130 Å². The number of allylic oxidation sites excluding steroid dienone is 1. The molecule has 0 aromatic heterocycles. The average molecular weight is 743 g/mol. The van der Waals surface area contributed by atoms with Crippen LogP contribution in [0.15, 0.2) is 67.2 Å². The number of halogens is 3. The zero-order valence-electron chi connectivity index (χ0n) is 32.3. The van der Waals surface area contributed by atoms with Gasteiger partial charge in [0.25, 0.3) is 5.91 Å². The highest BCUT2D eigenvalue weighted by molar-refractivity contribution is 5.98. The predicted octanol–water partition coefficient (Wildman–Crippen LogP) is 10.0. The molecule has 4 aliphatic heterocycles. The highest BCUT2D eigenvalue weighted by Crippen LogP contribution is 2.39. The number of anilines is 2. The molecular weight excluding hydrogens is 686 g/mol. The third-order valence-electron chi connectivity index (χ3n) is 12.5. The Morgan fingerprint density at radius 1 is 0.852 bits per heavy atom. The van der Waals surface area contributed by atoms with E-state index in [0.29, 0.717) is 29.6 Å². The van der Waals surface area contributed by atoms with Gasteiger partial charge in [-0.15, -0.1) is 0 Å². The number of nitrogens with zero attached hydrogens (tertiary/aromatic N) is 4. The molecule has 7 rings (SSSR count). The number of hydrogen-bond donors (Lipinski definition) is 0. The standard InChI is InChI=1S/C45H57F3N4O2/c1-5-6-32(4)52-30-36-27-40(12-14-42(36)44(52)53)54-39-19-21-49(22-20-39)29-33-15-23-50(24-16-33)37-9-7-34(8-10-37)35-17-25-51(26-18-35)38-11-13-41(31(2)3)43(28-38)45(46,47)48/h7-14,27-28,32-33,35,39H,2,5-6,15-26,29-30H2,1,3-4H3. The fourth-order valence-corrected chi connectivity index (χ4v) is 9.23. The summed E-state index contributed by atoms with van der Waals surface area (Å²) >= 11 is 0. The van der Waals surface area contributed by atoms with Crippen LogP contribution in [0, 0.1) is 5.92 Å². The van der Waals surface area contributed by atoms with Crippen molar-refractivity contribution in [3.8, 4) is 5.75 Å². The second-order valence-corrected chi connectivity index (χ2v) is 16.3. The van der Waals surface area contributed by atoms with Crippen LogP contribution in [0.4, 0.5) is 24.5 Å². The number of amides is 1. The van der Waals surface area contributed by atoms with Gasteiger partial charge in [0.2, 0.25) is 0 Å². The van der Waals surface area contributed by atoms with Crippen molar-refractivity contribution >= 4 is 22.9 Å². The van der Waals surface area contributed by atoms with Gasteiger partial charge in [0.1, 0.15) is 11.9 Å². The fraction of sp³-hybridized carbons (Fsp3) is 0.533. The molecule has 3 fully saturated rings. The van der Waals surface area contributed by atoms with Gasteiger partial charge < -0.3 is 24.3 Å². The van der Waals surface area contributed by atoms with E-state index in [1.807, 2.05) is 17.0 Å².